The normalized spacial score (nSPS) is 11.6. The predicted octanol–water partition coefficient (Wildman–Crippen LogP) is 3.90. The molecule has 1 heterocycles. The van der Waals surface area contributed by atoms with E-state index in [1.54, 1.807) is 6.92 Å². The summed E-state index contributed by atoms with van der Waals surface area (Å²) in [5.41, 5.74) is 1.74. The number of nitrogens with zero attached hydrogens (tertiary/aromatic N) is 1. The quantitative estimate of drug-likeness (QED) is 0.703. The number of hydrogen-bond donors (Lipinski definition) is 0. The van der Waals surface area contributed by atoms with Gasteiger partial charge in [-0.05, 0) is 36.8 Å². The van der Waals surface area contributed by atoms with Crippen molar-refractivity contribution in [2.75, 3.05) is 0 Å². The van der Waals surface area contributed by atoms with Crippen LogP contribution in [0.25, 0.3) is 11.5 Å². The highest BCUT2D eigenvalue weighted by Gasteiger charge is 2.19. The second kappa shape index (κ2) is 6.57. The monoisotopic (exact) mass is 345 g/mol. The number of hydrogen-bond acceptors (Lipinski definition) is 4. The van der Waals surface area contributed by atoms with Crippen LogP contribution in [0.15, 0.2) is 59.0 Å². The van der Waals surface area contributed by atoms with E-state index < -0.39 is 15.7 Å². The van der Waals surface area contributed by atoms with E-state index in [2.05, 4.69) is 4.98 Å². The fourth-order valence-electron chi connectivity index (χ4n) is 2.36. The van der Waals surface area contributed by atoms with Crippen molar-refractivity contribution in [3.63, 3.8) is 0 Å². The van der Waals surface area contributed by atoms with Gasteiger partial charge in [-0.2, -0.15) is 0 Å². The highest BCUT2D eigenvalue weighted by Crippen LogP contribution is 2.23. The minimum atomic E-state index is -3.44. The Labute approximate surface area is 139 Å². The van der Waals surface area contributed by atoms with Crippen molar-refractivity contribution in [2.24, 2.45) is 0 Å². The second-order valence-corrected chi connectivity index (χ2v) is 7.61. The fraction of sp³-hybridized carbons (Fsp3) is 0.167. The van der Waals surface area contributed by atoms with Gasteiger partial charge in [-0.1, -0.05) is 30.3 Å². The standard InChI is InChI=1S/C18H16FNO3S/c1-13-17(20-18(23-13)15-5-3-2-4-6-15)12-24(21,22)11-14-7-9-16(19)10-8-14/h2-10H,11-12H2,1H3. The molecule has 0 aliphatic carbocycles. The minimum absolute atomic E-state index is 0.166. The molecular formula is C18H16FNO3S. The molecule has 0 spiro atoms. The number of benzene rings is 2. The van der Waals surface area contributed by atoms with Crippen LogP contribution in [0.2, 0.25) is 0 Å². The summed E-state index contributed by atoms with van der Waals surface area (Å²) in [5.74, 6) is 0.111. The smallest absolute Gasteiger partial charge is 0.226 e. The van der Waals surface area contributed by atoms with Crippen molar-refractivity contribution >= 4 is 9.84 Å². The zero-order valence-electron chi connectivity index (χ0n) is 13.1. The molecule has 24 heavy (non-hydrogen) atoms. The maximum absolute atomic E-state index is 12.9. The summed E-state index contributed by atoms with van der Waals surface area (Å²) >= 11 is 0. The molecule has 0 N–H and O–H groups in total. The first-order valence-electron chi connectivity index (χ1n) is 7.39. The molecule has 3 rings (SSSR count). The van der Waals surface area contributed by atoms with Gasteiger partial charge in [-0.15, -0.1) is 0 Å². The Bertz CT molecular complexity index is 932. The van der Waals surface area contributed by atoms with Gasteiger partial charge >= 0.3 is 0 Å². The van der Waals surface area contributed by atoms with Gasteiger partial charge in [0.25, 0.3) is 0 Å². The molecule has 0 aliphatic rings. The molecule has 0 saturated heterocycles. The third-order valence-electron chi connectivity index (χ3n) is 3.57. The molecule has 0 fully saturated rings. The first kappa shape index (κ1) is 16.4. The van der Waals surface area contributed by atoms with Gasteiger partial charge in [-0.25, -0.2) is 17.8 Å². The lowest BCUT2D eigenvalue weighted by atomic mass is 10.2. The Kier molecular flexibility index (Phi) is 4.49. The van der Waals surface area contributed by atoms with E-state index in [1.807, 2.05) is 30.3 Å². The van der Waals surface area contributed by atoms with Gasteiger partial charge in [0.05, 0.1) is 17.2 Å². The van der Waals surface area contributed by atoms with Crippen LogP contribution in [0.4, 0.5) is 4.39 Å². The zero-order valence-corrected chi connectivity index (χ0v) is 13.9. The third kappa shape index (κ3) is 3.89. The predicted molar refractivity (Wildman–Crippen MR) is 89.4 cm³/mol. The number of sulfone groups is 1. The van der Waals surface area contributed by atoms with E-state index in [0.717, 1.165) is 5.56 Å². The van der Waals surface area contributed by atoms with Gasteiger partial charge in [0.15, 0.2) is 9.84 Å². The molecule has 124 valence electrons. The van der Waals surface area contributed by atoms with Crippen LogP contribution in [0, 0.1) is 12.7 Å². The highest BCUT2D eigenvalue weighted by atomic mass is 32.2. The largest absolute Gasteiger partial charge is 0.441 e. The second-order valence-electron chi connectivity index (χ2n) is 5.55. The first-order chi connectivity index (χ1) is 11.4. The molecule has 0 radical (unpaired) electrons. The summed E-state index contributed by atoms with van der Waals surface area (Å²) in [7, 11) is -3.44. The van der Waals surface area contributed by atoms with Crippen molar-refractivity contribution in [2.45, 2.75) is 18.4 Å². The highest BCUT2D eigenvalue weighted by molar-refractivity contribution is 7.89. The number of halogens is 1. The molecule has 4 nitrogen and oxygen atoms in total. The van der Waals surface area contributed by atoms with E-state index >= 15 is 0 Å². The Hall–Kier alpha value is -2.47. The summed E-state index contributed by atoms with van der Waals surface area (Å²) in [6.45, 7) is 1.70. The van der Waals surface area contributed by atoms with Crippen molar-refractivity contribution in [3.8, 4) is 11.5 Å². The summed E-state index contributed by atoms with van der Waals surface area (Å²) in [5, 5.41) is 0. The van der Waals surface area contributed by atoms with Crippen LogP contribution >= 0.6 is 0 Å². The third-order valence-corrected chi connectivity index (χ3v) is 5.06. The first-order valence-corrected chi connectivity index (χ1v) is 9.22. The van der Waals surface area contributed by atoms with E-state index in [4.69, 9.17) is 4.42 Å². The van der Waals surface area contributed by atoms with E-state index in [-0.39, 0.29) is 11.5 Å². The van der Waals surface area contributed by atoms with Crippen LogP contribution in [0.1, 0.15) is 17.0 Å². The van der Waals surface area contributed by atoms with E-state index in [1.165, 1.54) is 24.3 Å². The van der Waals surface area contributed by atoms with Crippen molar-refractivity contribution in [1.29, 1.82) is 0 Å². The van der Waals surface area contributed by atoms with E-state index in [0.29, 0.717) is 22.9 Å². The van der Waals surface area contributed by atoms with Gasteiger partial charge in [0.2, 0.25) is 5.89 Å². The van der Waals surface area contributed by atoms with Crippen molar-refractivity contribution in [1.82, 2.24) is 4.98 Å². The minimum Gasteiger partial charge on any atom is -0.441 e. The molecule has 1 aromatic heterocycles. The summed E-state index contributed by atoms with van der Waals surface area (Å²) < 4.78 is 43.3. The average Bonchev–Trinajstić information content (AvgIpc) is 2.90. The van der Waals surface area contributed by atoms with Gasteiger partial charge in [0.1, 0.15) is 11.6 Å². The maximum atomic E-state index is 12.9. The number of aryl methyl sites for hydroxylation is 1. The van der Waals surface area contributed by atoms with Crippen LogP contribution in [0.5, 0.6) is 0 Å². The molecule has 0 saturated carbocycles. The Morgan fingerprint density at radius 1 is 1.00 bits per heavy atom. The number of rotatable bonds is 5. The topological polar surface area (TPSA) is 60.2 Å². The summed E-state index contributed by atoms with van der Waals surface area (Å²) in [6.07, 6.45) is 0. The number of aromatic nitrogens is 1. The number of oxazole rings is 1. The van der Waals surface area contributed by atoms with Gasteiger partial charge < -0.3 is 4.42 Å². The molecule has 0 unspecified atom stereocenters. The molecule has 0 bridgehead atoms. The average molecular weight is 345 g/mol. The maximum Gasteiger partial charge on any atom is 0.226 e. The van der Waals surface area contributed by atoms with Crippen LogP contribution < -0.4 is 0 Å². The SMILES string of the molecule is Cc1oc(-c2ccccc2)nc1CS(=O)(=O)Cc1ccc(F)cc1. The van der Waals surface area contributed by atoms with Gasteiger partial charge in [0, 0.05) is 5.56 Å². The Balaban J connectivity index is 1.80. The molecule has 2 aromatic carbocycles. The fourth-order valence-corrected chi connectivity index (χ4v) is 3.85. The van der Waals surface area contributed by atoms with Crippen molar-refractivity contribution < 1.29 is 17.2 Å². The Morgan fingerprint density at radius 3 is 2.33 bits per heavy atom. The van der Waals surface area contributed by atoms with E-state index in [9.17, 15) is 12.8 Å². The van der Waals surface area contributed by atoms with Crippen molar-refractivity contribution in [3.05, 3.63) is 77.4 Å². The lowest BCUT2D eigenvalue weighted by molar-refractivity contribution is 0.539. The lowest BCUT2D eigenvalue weighted by Crippen LogP contribution is -2.08. The van der Waals surface area contributed by atoms with Gasteiger partial charge in [-0.3, -0.25) is 0 Å². The lowest BCUT2D eigenvalue weighted by Gasteiger charge is -2.03. The zero-order chi connectivity index (χ0) is 17.2. The molecular weight excluding hydrogens is 329 g/mol. The van der Waals surface area contributed by atoms with Crippen LogP contribution in [0.3, 0.4) is 0 Å². The van der Waals surface area contributed by atoms with Crippen LogP contribution in [-0.2, 0) is 21.3 Å². The molecule has 0 amide bonds. The molecule has 0 atom stereocenters. The summed E-state index contributed by atoms with van der Waals surface area (Å²) in [6, 6.07) is 14.7. The summed E-state index contributed by atoms with van der Waals surface area (Å²) in [4.78, 5) is 4.32. The Morgan fingerprint density at radius 2 is 1.67 bits per heavy atom. The molecule has 0 aliphatic heterocycles. The molecule has 3 aromatic rings. The van der Waals surface area contributed by atoms with Crippen LogP contribution in [-0.4, -0.2) is 13.4 Å². The molecule has 6 heteroatoms.